The Balaban J connectivity index is 1.27. The Kier molecular flexibility index (Phi) is 6.51. The monoisotopic (exact) mass is 472 g/mol. The number of H-pyrrole nitrogens is 1. The highest BCUT2D eigenvalue weighted by Crippen LogP contribution is 2.32. The van der Waals surface area contributed by atoms with E-state index in [-0.39, 0.29) is 11.8 Å². The molecule has 0 bridgehead atoms. The van der Waals surface area contributed by atoms with E-state index in [1.807, 2.05) is 17.0 Å². The minimum absolute atomic E-state index is 0.0625. The second-order valence-electron chi connectivity index (χ2n) is 9.79. The molecule has 1 aromatic heterocycles. The number of fused-ring (bicyclic) bond motifs is 3. The van der Waals surface area contributed by atoms with Gasteiger partial charge in [0, 0.05) is 61.8 Å². The lowest BCUT2D eigenvalue weighted by Gasteiger charge is -2.38. The first-order valence-corrected chi connectivity index (χ1v) is 14.1. The fourth-order valence-electron chi connectivity index (χ4n) is 5.76. The number of hydrogen-bond acceptors (Lipinski definition) is 4. The quantitative estimate of drug-likeness (QED) is 0.694. The summed E-state index contributed by atoms with van der Waals surface area (Å²) >= 11 is 0. The molecule has 2 aliphatic heterocycles. The number of aromatic nitrogens is 1. The molecule has 3 aliphatic rings. The third-order valence-corrected chi connectivity index (χ3v) is 9.79. The van der Waals surface area contributed by atoms with Crippen LogP contribution in [0.1, 0.15) is 50.3 Å². The molecule has 2 aromatic rings. The molecule has 2 saturated heterocycles. The van der Waals surface area contributed by atoms with E-state index < -0.39 is 10.0 Å². The molecular formula is C25H36N4O3S. The fourth-order valence-corrected chi connectivity index (χ4v) is 7.25. The molecule has 0 unspecified atom stereocenters. The number of rotatable bonds is 4. The van der Waals surface area contributed by atoms with Crippen molar-refractivity contribution in [2.24, 2.45) is 5.92 Å². The summed E-state index contributed by atoms with van der Waals surface area (Å²) in [6.07, 6.45) is 6.84. The number of piperidine rings is 1. The lowest BCUT2D eigenvalue weighted by Crippen LogP contribution is -2.51. The van der Waals surface area contributed by atoms with Gasteiger partial charge >= 0.3 is 0 Å². The number of carbonyl (C=O) groups is 1. The van der Waals surface area contributed by atoms with E-state index in [4.69, 9.17) is 0 Å². The molecule has 33 heavy (non-hydrogen) atoms. The molecule has 0 saturated carbocycles. The van der Waals surface area contributed by atoms with Crippen LogP contribution < -0.4 is 0 Å². The van der Waals surface area contributed by atoms with Crippen LogP contribution in [0, 0.1) is 5.92 Å². The van der Waals surface area contributed by atoms with Crippen LogP contribution in [-0.4, -0.2) is 79.2 Å². The molecule has 1 amide bonds. The molecule has 0 radical (unpaired) electrons. The van der Waals surface area contributed by atoms with Crippen LogP contribution in [0.4, 0.5) is 0 Å². The summed E-state index contributed by atoms with van der Waals surface area (Å²) in [4.78, 5) is 21.2. The lowest BCUT2D eigenvalue weighted by molar-refractivity contribution is -0.138. The van der Waals surface area contributed by atoms with Gasteiger partial charge in [-0.2, -0.15) is 4.31 Å². The molecular weight excluding hydrogens is 436 g/mol. The predicted octanol–water partition coefficient (Wildman–Crippen LogP) is 3.00. The standard InChI is InChI=1S/C25H36N4O3S/c1-2-27-14-16-28(17-15-27)25(30)19-10-12-29(13-11-19)33(31,32)20-8-9-24-22(18-20)21-6-4-3-5-7-23(21)26-24/h8-9,18-19,26H,2-7,10-17H2,1H3. The van der Waals surface area contributed by atoms with Gasteiger partial charge in [-0.15, -0.1) is 0 Å². The van der Waals surface area contributed by atoms with Gasteiger partial charge in [0.15, 0.2) is 0 Å². The van der Waals surface area contributed by atoms with Crippen molar-refractivity contribution in [1.29, 1.82) is 0 Å². The second-order valence-corrected chi connectivity index (χ2v) is 11.7. The summed E-state index contributed by atoms with van der Waals surface area (Å²) in [6.45, 7) is 7.43. The van der Waals surface area contributed by atoms with Crippen LogP contribution in [0.5, 0.6) is 0 Å². The maximum Gasteiger partial charge on any atom is 0.243 e. The first-order chi connectivity index (χ1) is 16.0. The van der Waals surface area contributed by atoms with Crippen molar-refractivity contribution in [2.75, 3.05) is 45.8 Å². The van der Waals surface area contributed by atoms with Crippen molar-refractivity contribution < 1.29 is 13.2 Å². The number of benzene rings is 1. The van der Waals surface area contributed by atoms with Crippen molar-refractivity contribution in [2.45, 2.75) is 56.8 Å². The molecule has 5 rings (SSSR count). The van der Waals surface area contributed by atoms with E-state index in [0.29, 0.717) is 30.8 Å². The topological polar surface area (TPSA) is 76.7 Å². The van der Waals surface area contributed by atoms with Gasteiger partial charge in [0.25, 0.3) is 0 Å². The van der Waals surface area contributed by atoms with Crippen LogP contribution in [0.3, 0.4) is 0 Å². The van der Waals surface area contributed by atoms with E-state index in [1.165, 1.54) is 24.1 Å². The maximum atomic E-state index is 13.5. The normalized spacial score (nSPS) is 21.8. The number of carbonyl (C=O) groups excluding carboxylic acids is 1. The lowest BCUT2D eigenvalue weighted by atomic mass is 9.96. The number of likely N-dealkylation sites (N-methyl/N-ethyl adjacent to an activating group) is 1. The highest BCUT2D eigenvalue weighted by atomic mass is 32.2. The average molecular weight is 473 g/mol. The third-order valence-electron chi connectivity index (χ3n) is 7.89. The van der Waals surface area contributed by atoms with Gasteiger partial charge in [-0.1, -0.05) is 13.3 Å². The van der Waals surface area contributed by atoms with Gasteiger partial charge in [0.05, 0.1) is 4.90 Å². The first-order valence-electron chi connectivity index (χ1n) is 12.6. The largest absolute Gasteiger partial charge is 0.358 e. The van der Waals surface area contributed by atoms with E-state index in [2.05, 4.69) is 16.8 Å². The van der Waals surface area contributed by atoms with E-state index >= 15 is 0 Å². The second kappa shape index (κ2) is 9.39. The number of piperazine rings is 1. The van der Waals surface area contributed by atoms with Crippen molar-refractivity contribution in [3.8, 4) is 0 Å². The minimum Gasteiger partial charge on any atom is -0.358 e. The van der Waals surface area contributed by atoms with Gasteiger partial charge in [-0.25, -0.2) is 8.42 Å². The zero-order valence-corrected chi connectivity index (χ0v) is 20.5. The van der Waals surface area contributed by atoms with Gasteiger partial charge in [0.2, 0.25) is 15.9 Å². The van der Waals surface area contributed by atoms with E-state index in [0.717, 1.165) is 62.9 Å². The van der Waals surface area contributed by atoms with Crippen LogP contribution >= 0.6 is 0 Å². The number of nitrogens with zero attached hydrogens (tertiary/aromatic N) is 3. The van der Waals surface area contributed by atoms with Crippen LogP contribution in [0.2, 0.25) is 0 Å². The fraction of sp³-hybridized carbons (Fsp3) is 0.640. The number of nitrogens with one attached hydrogen (secondary N) is 1. The number of aromatic amines is 1. The van der Waals surface area contributed by atoms with Gasteiger partial charge < -0.3 is 14.8 Å². The number of hydrogen-bond donors (Lipinski definition) is 1. The third kappa shape index (κ3) is 4.45. The number of sulfonamides is 1. The number of amides is 1. The summed E-state index contributed by atoms with van der Waals surface area (Å²) < 4.78 is 28.5. The Labute approximate surface area is 197 Å². The van der Waals surface area contributed by atoms with Crippen molar-refractivity contribution in [3.63, 3.8) is 0 Å². The molecule has 3 heterocycles. The Morgan fingerprint density at radius 1 is 1.00 bits per heavy atom. The van der Waals surface area contributed by atoms with Crippen LogP contribution in [0.25, 0.3) is 10.9 Å². The molecule has 2 fully saturated rings. The van der Waals surface area contributed by atoms with Crippen molar-refractivity contribution >= 4 is 26.8 Å². The Bertz CT molecular complexity index is 1110. The Morgan fingerprint density at radius 2 is 1.73 bits per heavy atom. The predicted molar refractivity (Wildman–Crippen MR) is 130 cm³/mol. The SMILES string of the molecule is CCN1CCN(C(=O)C2CCN(S(=O)(=O)c3ccc4[nH]c5c(c4c3)CCCCC5)CC2)CC1. The smallest absolute Gasteiger partial charge is 0.243 e. The summed E-state index contributed by atoms with van der Waals surface area (Å²) in [5, 5.41) is 1.06. The van der Waals surface area contributed by atoms with Crippen LogP contribution in [-0.2, 0) is 27.7 Å². The molecule has 0 atom stereocenters. The highest BCUT2D eigenvalue weighted by molar-refractivity contribution is 7.89. The van der Waals surface area contributed by atoms with Gasteiger partial charge in [-0.3, -0.25) is 4.79 Å². The summed E-state index contributed by atoms with van der Waals surface area (Å²) in [5.74, 6) is 0.145. The molecule has 1 aliphatic carbocycles. The molecule has 1 N–H and O–H groups in total. The van der Waals surface area contributed by atoms with Crippen molar-refractivity contribution in [1.82, 2.24) is 19.1 Å². The van der Waals surface area contributed by atoms with Gasteiger partial charge in [0.1, 0.15) is 0 Å². The molecule has 8 heteroatoms. The zero-order chi connectivity index (χ0) is 23.0. The van der Waals surface area contributed by atoms with E-state index in [1.54, 1.807) is 10.4 Å². The first kappa shape index (κ1) is 22.9. The van der Waals surface area contributed by atoms with Gasteiger partial charge in [-0.05, 0) is 68.8 Å². The summed E-state index contributed by atoms with van der Waals surface area (Å²) in [6, 6.07) is 5.52. The highest BCUT2D eigenvalue weighted by Gasteiger charge is 2.34. The van der Waals surface area contributed by atoms with Crippen LogP contribution in [0.15, 0.2) is 23.1 Å². The molecule has 180 valence electrons. The summed E-state index contributed by atoms with van der Waals surface area (Å²) in [5.41, 5.74) is 3.61. The molecule has 0 spiro atoms. The van der Waals surface area contributed by atoms with E-state index in [9.17, 15) is 13.2 Å². The molecule has 1 aromatic carbocycles. The number of aryl methyl sites for hydroxylation is 2. The average Bonchev–Trinajstić information content (AvgIpc) is 3.03. The Morgan fingerprint density at radius 3 is 2.45 bits per heavy atom. The zero-order valence-electron chi connectivity index (χ0n) is 19.7. The minimum atomic E-state index is -3.56. The molecule has 7 nitrogen and oxygen atoms in total. The van der Waals surface area contributed by atoms with Crippen molar-refractivity contribution in [3.05, 3.63) is 29.5 Å². The Hall–Kier alpha value is -1.90. The maximum absolute atomic E-state index is 13.5. The summed E-state index contributed by atoms with van der Waals surface area (Å²) in [7, 11) is -3.56.